The minimum Gasteiger partial charge on any atom is -0.465 e. The van der Waals surface area contributed by atoms with Crippen LogP contribution in [-0.4, -0.2) is 84.5 Å². The van der Waals surface area contributed by atoms with Crippen molar-refractivity contribution in [3.05, 3.63) is 29.8 Å². The van der Waals surface area contributed by atoms with E-state index in [1.807, 2.05) is 30.9 Å². The van der Waals surface area contributed by atoms with Gasteiger partial charge in [0.1, 0.15) is 11.9 Å². The molecule has 1 aromatic carbocycles. The Morgan fingerprint density at radius 3 is 2.20 bits per heavy atom. The molecule has 0 saturated carbocycles. The van der Waals surface area contributed by atoms with Crippen molar-refractivity contribution in [2.24, 2.45) is 5.73 Å². The van der Waals surface area contributed by atoms with E-state index in [0.29, 0.717) is 12.6 Å². The van der Waals surface area contributed by atoms with Crippen LogP contribution in [0, 0.1) is 5.41 Å². The van der Waals surface area contributed by atoms with Crippen LogP contribution in [0.1, 0.15) is 32.3 Å². The lowest BCUT2D eigenvalue weighted by atomic mass is 10.0. The van der Waals surface area contributed by atoms with Gasteiger partial charge in [0, 0.05) is 56.6 Å². The number of benzene rings is 1. The fourth-order valence-electron chi connectivity index (χ4n) is 4.25. The molecular formula is C22H36IN5O2. The molecule has 2 fully saturated rings. The smallest absolute Gasteiger partial charge is 0.323 e. The predicted molar refractivity (Wildman–Crippen MR) is 132 cm³/mol. The monoisotopic (exact) mass is 529 g/mol. The van der Waals surface area contributed by atoms with Gasteiger partial charge in [-0.15, -0.1) is 0 Å². The Balaban J connectivity index is 0.00000155. The molecule has 0 spiro atoms. The standard InChI is InChI=1S/C21H33N5O2.CH3I/c1-3-28-21(27)16(2)24-10-8-19(9-11-24)26-14-12-25(13-15-26)18-6-4-17(5-7-18)20(22)23;1-2/h4-7,16,19H,3,8-15H2,1-2H3,(H3,22,23);1H3. The first kappa shape index (κ1) is 24.9. The zero-order valence-corrected chi connectivity index (χ0v) is 20.6. The van der Waals surface area contributed by atoms with Crippen LogP contribution in [0.5, 0.6) is 0 Å². The number of halogens is 1. The van der Waals surface area contributed by atoms with Gasteiger partial charge >= 0.3 is 5.97 Å². The highest BCUT2D eigenvalue weighted by molar-refractivity contribution is 14.1. The number of ether oxygens (including phenoxy) is 1. The van der Waals surface area contributed by atoms with Crippen molar-refractivity contribution in [1.29, 1.82) is 5.41 Å². The highest BCUT2D eigenvalue weighted by atomic mass is 127. The molecule has 2 aliphatic rings. The van der Waals surface area contributed by atoms with Gasteiger partial charge in [-0.3, -0.25) is 20.0 Å². The molecule has 30 heavy (non-hydrogen) atoms. The third-order valence-corrected chi connectivity index (χ3v) is 6.05. The van der Waals surface area contributed by atoms with Crippen molar-refractivity contribution in [2.75, 3.05) is 55.7 Å². The topological polar surface area (TPSA) is 85.9 Å². The normalized spacial score (nSPS) is 19.5. The summed E-state index contributed by atoms with van der Waals surface area (Å²) in [6, 6.07) is 8.42. The number of anilines is 1. The first-order chi connectivity index (χ1) is 14.5. The number of carbonyl (C=O) groups is 1. The number of hydrogen-bond donors (Lipinski definition) is 2. The summed E-state index contributed by atoms with van der Waals surface area (Å²) in [5.41, 5.74) is 7.50. The van der Waals surface area contributed by atoms with Crippen LogP contribution in [0.25, 0.3) is 0 Å². The summed E-state index contributed by atoms with van der Waals surface area (Å²) >= 11 is 2.15. The van der Waals surface area contributed by atoms with Crippen LogP contribution < -0.4 is 10.6 Å². The summed E-state index contributed by atoms with van der Waals surface area (Å²) in [5.74, 6) is 0.00495. The predicted octanol–water partition coefficient (Wildman–Crippen LogP) is 2.56. The van der Waals surface area contributed by atoms with Crippen molar-refractivity contribution < 1.29 is 9.53 Å². The summed E-state index contributed by atoms with van der Waals surface area (Å²) in [7, 11) is 0. The number of nitrogen functional groups attached to an aromatic ring is 1. The molecule has 7 nitrogen and oxygen atoms in total. The molecule has 0 aromatic heterocycles. The lowest BCUT2D eigenvalue weighted by Gasteiger charge is -2.44. The average molecular weight is 529 g/mol. The number of rotatable bonds is 6. The molecule has 0 amide bonds. The first-order valence-corrected chi connectivity index (χ1v) is 12.9. The molecule has 2 heterocycles. The number of carbonyl (C=O) groups excluding carboxylic acids is 1. The molecule has 2 aliphatic heterocycles. The average Bonchev–Trinajstić information content (AvgIpc) is 2.80. The van der Waals surface area contributed by atoms with Crippen LogP contribution in [0.15, 0.2) is 24.3 Å². The van der Waals surface area contributed by atoms with Crippen molar-refractivity contribution in [3.63, 3.8) is 0 Å². The number of amidine groups is 1. The highest BCUT2D eigenvalue weighted by Gasteiger charge is 2.31. The Morgan fingerprint density at radius 2 is 1.70 bits per heavy atom. The van der Waals surface area contributed by atoms with Gasteiger partial charge in [-0.2, -0.15) is 0 Å². The number of nitrogens with zero attached hydrogens (tertiary/aromatic N) is 3. The zero-order chi connectivity index (χ0) is 22.1. The van der Waals surface area contributed by atoms with Crippen LogP contribution >= 0.6 is 22.6 Å². The number of esters is 1. The molecule has 1 aromatic rings. The van der Waals surface area contributed by atoms with Gasteiger partial charge in [-0.1, -0.05) is 22.6 Å². The third kappa shape index (κ3) is 6.55. The van der Waals surface area contributed by atoms with E-state index in [1.54, 1.807) is 0 Å². The molecule has 0 aliphatic carbocycles. The molecular weight excluding hydrogens is 493 g/mol. The van der Waals surface area contributed by atoms with Crippen molar-refractivity contribution in [3.8, 4) is 0 Å². The molecule has 1 unspecified atom stereocenters. The minimum atomic E-state index is -0.143. The summed E-state index contributed by atoms with van der Waals surface area (Å²) in [6.07, 6.45) is 2.22. The molecule has 0 radical (unpaired) electrons. The lowest BCUT2D eigenvalue weighted by molar-refractivity contribution is -0.149. The van der Waals surface area contributed by atoms with Crippen LogP contribution in [0.4, 0.5) is 5.69 Å². The Morgan fingerprint density at radius 1 is 1.13 bits per heavy atom. The molecule has 3 N–H and O–H groups in total. The summed E-state index contributed by atoms with van der Waals surface area (Å²) < 4.78 is 5.16. The maximum absolute atomic E-state index is 12.0. The maximum atomic E-state index is 12.0. The summed E-state index contributed by atoms with van der Waals surface area (Å²) in [6.45, 7) is 10.3. The molecule has 8 heteroatoms. The Hall–Kier alpha value is -1.39. The Labute approximate surface area is 194 Å². The van der Waals surface area contributed by atoms with E-state index >= 15 is 0 Å². The Bertz CT molecular complexity index is 669. The summed E-state index contributed by atoms with van der Waals surface area (Å²) in [5, 5.41) is 7.50. The van der Waals surface area contributed by atoms with Crippen LogP contribution in [0.3, 0.4) is 0 Å². The van der Waals surface area contributed by atoms with Crippen LogP contribution in [-0.2, 0) is 9.53 Å². The second-order valence-corrected chi connectivity index (χ2v) is 7.68. The van der Waals surface area contributed by atoms with Gasteiger partial charge in [0.15, 0.2) is 0 Å². The van der Waals surface area contributed by atoms with Gasteiger partial charge in [0.2, 0.25) is 0 Å². The van der Waals surface area contributed by atoms with Gasteiger partial charge < -0.3 is 15.4 Å². The van der Waals surface area contributed by atoms with Crippen molar-refractivity contribution >= 4 is 40.1 Å². The number of piperidine rings is 1. The number of alkyl halides is 1. The zero-order valence-electron chi connectivity index (χ0n) is 18.4. The van der Waals surface area contributed by atoms with Crippen LogP contribution in [0.2, 0.25) is 0 Å². The van der Waals surface area contributed by atoms with Gasteiger partial charge in [-0.05, 0) is 55.9 Å². The Kier molecular flexibility index (Phi) is 10.3. The lowest BCUT2D eigenvalue weighted by Crippen LogP contribution is -2.54. The molecule has 0 bridgehead atoms. The molecule has 1 atom stereocenters. The fourth-order valence-corrected chi connectivity index (χ4v) is 4.25. The van der Waals surface area contributed by atoms with Gasteiger partial charge in [-0.25, -0.2) is 0 Å². The van der Waals surface area contributed by atoms with Crippen molar-refractivity contribution in [1.82, 2.24) is 9.80 Å². The van der Waals surface area contributed by atoms with E-state index in [4.69, 9.17) is 15.9 Å². The number of likely N-dealkylation sites (tertiary alicyclic amines) is 1. The van der Waals surface area contributed by atoms with E-state index < -0.39 is 0 Å². The SMILES string of the molecule is CCOC(=O)C(C)N1CCC(N2CCN(c3ccc(C(=N)N)cc3)CC2)CC1.CI. The number of nitrogens with one attached hydrogen (secondary N) is 1. The highest BCUT2D eigenvalue weighted by Crippen LogP contribution is 2.23. The van der Waals surface area contributed by atoms with E-state index in [0.717, 1.165) is 57.7 Å². The van der Waals surface area contributed by atoms with Crippen molar-refractivity contribution in [2.45, 2.75) is 38.8 Å². The van der Waals surface area contributed by atoms with Gasteiger partial charge in [0.25, 0.3) is 0 Å². The van der Waals surface area contributed by atoms with E-state index in [-0.39, 0.29) is 17.8 Å². The minimum absolute atomic E-state index is 0.106. The van der Waals surface area contributed by atoms with E-state index in [1.165, 1.54) is 5.69 Å². The third-order valence-electron chi connectivity index (χ3n) is 6.05. The molecule has 168 valence electrons. The number of hydrogen-bond acceptors (Lipinski definition) is 6. The fraction of sp³-hybridized carbons (Fsp3) is 0.636. The second kappa shape index (κ2) is 12.5. The number of piperazine rings is 1. The van der Waals surface area contributed by atoms with E-state index in [2.05, 4.69) is 49.4 Å². The van der Waals surface area contributed by atoms with E-state index in [9.17, 15) is 4.79 Å². The summed E-state index contributed by atoms with van der Waals surface area (Å²) in [4.78, 5) is 21.2. The number of nitrogens with two attached hydrogens (primary N) is 1. The maximum Gasteiger partial charge on any atom is 0.323 e. The molecule has 2 saturated heterocycles. The van der Waals surface area contributed by atoms with Gasteiger partial charge in [0.05, 0.1) is 6.61 Å². The quantitative estimate of drug-likeness (QED) is 0.194. The first-order valence-electron chi connectivity index (χ1n) is 10.7. The largest absolute Gasteiger partial charge is 0.465 e. The second-order valence-electron chi connectivity index (χ2n) is 7.68. The molecule has 3 rings (SSSR count).